The average Bonchev–Trinajstić information content (AvgIpc) is 3.44. The van der Waals surface area contributed by atoms with Crippen LogP contribution in [0.1, 0.15) is 24.3 Å². The van der Waals surface area contributed by atoms with Gasteiger partial charge in [-0.25, -0.2) is 8.42 Å². The molecule has 0 aliphatic carbocycles. The maximum absolute atomic E-state index is 12.6. The third-order valence-electron chi connectivity index (χ3n) is 5.86. The number of hydrogen-bond donors (Lipinski definition) is 2. The minimum Gasteiger partial charge on any atom is -0.493 e. The SMILES string of the molecule is COc1ccc([C@@H]2CC(=O)N(CC(=O)Nc3ccc(NS(C)(=O)=O)cc3)C2)cc1O[C@@H]1CCOC1. The fourth-order valence-corrected chi connectivity index (χ4v) is 4.75. The molecule has 2 heterocycles. The Morgan fingerprint density at radius 1 is 1.14 bits per heavy atom. The maximum Gasteiger partial charge on any atom is 0.243 e. The highest BCUT2D eigenvalue weighted by Crippen LogP contribution is 2.36. The number of nitrogens with zero attached hydrogens (tertiary/aromatic N) is 1. The maximum atomic E-state index is 12.6. The van der Waals surface area contributed by atoms with Crippen molar-refractivity contribution in [1.82, 2.24) is 4.90 Å². The van der Waals surface area contributed by atoms with Crippen molar-refractivity contribution in [2.75, 3.05) is 49.7 Å². The van der Waals surface area contributed by atoms with Crippen molar-refractivity contribution in [3.63, 3.8) is 0 Å². The number of carbonyl (C=O) groups excluding carboxylic acids is 2. The second-order valence-electron chi connectivity index (χ2n) is 8.69. The number of anilines is 2. The van der Waals surface area contributed by atoms with Crippen molar-refractivity contribution in [2.45, 2.75) is 24.9 Å². The minimum absolute atomic E-state index is 0.0271. The lowest BCUT2D eigenvalue weighted by molar-refractivity contribution is -0.131. The van der Waals surface area contributed by atoms with Gasteiger partial charge in [0, 0.05) is 36.7 Å². The molecule has 2 aromatic rings. The van der Waals surface area contributed by atoms with Crippen LogP contribution in [0, 0.1) is 0 Å². The molecule has 0 unspecified atom stereocenters. The number of likely N-dealkylation sites (tertiary alicyclic amines) is 1. The van der Waals surface area contributed by atoms with Gasteiger partial charge in [-0.05, 0) is 42.0 Å². The van der Waals surface area contributed by atoms with Crippen LogP contribution in [0.25, 0.3) is 0 Å². The van der Waals surface area contributed by atoms with E-state index in [2.05, 4.69) is 10.0 Å². The molecule has 2 atom stereocenters. The summed E-state index contributed by atoms with van der Waals surface area (Å²) in [5.41, 5.74) is 1.85. The summed E-state index contributed by atoms with van der Waals surface area (Å²) in [5.74, 6) is 0.754. The predicted octanol–water partition coefficient (Wildman–Crippen LogP) is 2.19. The highest BCUT2D eigenvalue weighted by Gasteiger charge is 2.32. The first-order valence-corrected chi connectivity index (χ1v) is 13.2. The Labute approximate surface area is 204 Å². The summed E-state index contributed by atoms with van der Waals surface area (Å²) in [6.45, 7) is 1.55. The molecule has 2 aromatic carbocycles. The van der Waals surface area contributed by atoms with Gasteiger partial charge in [-0.3, -0.25) is 14.3 Å². The Kier molecular flexibility index (Phi) is 7.46. The van der Waals surface area contributed by atoms with E-state index in [0.29, 0.717) is 49.1 Å². The van der Waals surface area contributed by atoms with Crippen LogP contribution in [-0.4, -0.2) is 70.9 Å². The third kappa shape index (κ3) is 6.64. The molecule has 0 aromatic heterocycles. The summed E-state index contributed by atoms with van der Waals surface area (Å²) in [6.07, 6.45) is 2.15. The van der Waals surface area contributed by atoms with Crippen LogP contribution < -0.4 is 19.5 Å². The summed E-state index contributed by atoms with van der Waals surface area (Å²) >= 11 is 0. The Morgan fingerprint density at radius 2 is 1.89 bits per heavy atom. The largest absolute Gasteiger partial charge is 0.493 e. The molecule has 2 aliphatic rings. The second kappa shape index (κ2) is 10.5. The number of rotatable bonds is 9. The van der Waals surface area contributed by atoms with Gasteiger partial charge in [-0.2, -0.15) is 0 Å². The van der Waals surface area contributed by atoms with Crippen LogP contribution in [0.4, 0.5) is 11.4 Å². The Balaban J connectivity index is 1.36. The number of benzene rings is 2. The van der Waals surface area contributed by atoms with Gasteiger partial charge in [0.25, 0.3) is 0 Å². The molecular formula is C24H29N3O7S. The van der Waals surface area contributed by atoms with E-state index in [1.807, 2.05) is 18.2 Å². The molecule has 0 radical (unpaired) electrons. The van der Waals surface area contributed by atoms with Crippen molar-refractivity contribution in [1.29, 1.82) is 0 Å². The Morgan fingerprint density at radius 3 is 2.54 bits per heavy atom. The highest BCUT2D eigenvalue weighted by atomic mass is 32.2. The predicted molar refractivity (Wildman–Crippen MR) is 130 cm³/mol. The van der Waals surface area contributed by atoms with Crippen molar-refractivity contribution in [2.24, 2.45) is 0 Å². The lowest BCUT2D eigenvalue weighted by atomic mass is 9.98. The van der Waals surface area contributed by atoms with Crippen molar-refractivity contribution >= 4 is 33.2 Å². The molecule has 2 saturated heterocycles. The van der Waals surface area contributed by atoms with Crippen LogP contribution in [0.2, 0.25) is 0 Å². The number of ether oxygens (including phenoxy) is 3. The van der Waals surface area contributed by atoms with E-state index in [1.54, 1.807) is 31.4 Å². The second-order valence-corrected chi connectivity index (χ2v) is 10.4. The van der Waals surface area contributed by atoms with Gasteiger partial charge in [0.1, 0.15) is 6.10 Å². The average molecular weight is 504 g/mol. The zero-order valence-electron chi connectivity index (χ0n) is 19.7. The lowest BCUT2D eigenvalue weighted by Gasteiger charge is -2.19. The van der Waals surface area contributed by atoms with E-state index in [-0.39, 0.29) is 30.4 Å². The smallest absolute Gasteiger partial charge is 0.243 e. The van der Waals surface area contributed by atoms with E-state index >= 15 is 0 Å². The molecule has 0 saturated carbocycles. The summed E-state index contributed by atoms with van der Waals surface area (Å²) in [5, 5.41) is 2.74. The lowest BCUT2D eigenvalue weighted by Crippen LogP contribution is -2.34. The number of sulfonamides is 1. The van der Waals surface area contributed by atoms with Crippen LogP contribution in [0.5, 0.6) is 11.5 Å². The molecule has 11 heteroatoms. The van der Waals surface area contributed by atoms with Gasteiger partial charge in [0.2, 0.25) is 21.8 Å². The Bertz CT molecular complexity index is 1180. The molecule has 35 heavy (non-hydrogen) atoms. The summed E-state index contributed by atoms with van der Waals surface area (Å²) in [7, 11) is -1.79. The Hall–Kier alpha value is -3.31. The molecule has 0 spiro atoms. The number of nitrogens with one attached hydrogen (secondary N) is 2. The van der Waals surface area contributed by atoms with Gasteiger partial charge >= 0.3 is 0 Å². The number of amides is 2. The zero-order chi connectivity index (χ0) is 25.0. The first kappa shape index (κ1) is 24.8. The fourth-order valence-electron chi connectivity index (χ4n) is 4.18. The van der Waals surface area contributed by atoms with Crippen molar-refractivity contribution in [3.8, 4) is 11.5 Å². The monoisotopic (exact) mass is 503 g/mol. The number of methoxy groups -OCH3 is 1. The molecule has 2 amide bonds. The summed E-state index contributed by atoms with van der Waals surface area (Å²) in [4.78, 5) is 26.7. The molecular weight excluding hydrogens is 474 g/mol. The molecule has 0 bridgehead atoms. The fraction of sp³-hybridized carbons (Fsp3) is 0.417. The standard InChI is InChI=1S/C24H29N3O7S/c1-32-21-8-3-16(11-22(21)34-20-9-10-33-15-20)17-12-24(29)27(13-17)14-23(28)25-18-4-6-19(7-5-18)26-35(2,30)31/h3-8,11,17,20,26H,9-10,12-15H2,1-2H3,(H,25,28)/t17-,20-/m1/s1. The summed E-state index contributed by atoms with van der Waals surface area (Å²) in [6, 6.07) is 11.9. The van der Waals surface area contributed by atoms with E-state index in [4.69, 9.17) is 14.2 Å². The quantitative estimate of drug-likeness (QED) is 0.538. The normalized spacial score (nSPS) is 20.1. The van der Waals surface area contributed by atoms with Crippen LogP contribution in [-0.2, 0) is 24.3 Å². The van der Waals surface area contributed by atoms with Gasteiger partial charge in [-0.1, -0.05) is 6.07 Å². The van der Waals surface area contributed by atoms with Crippen LogP contribution in [0.3, 0.4) is 0 Å². The zero-order valence-corrected chi connectivity index (χ0v) is 20.5. The molecule has 2 aliphatic heterocycles. The van der Waals surface area contributed by atoms with Crippen LogP contribution in [0.15, 0.2) is 42.5 Å². The van der Waals surface area contributed by atoms with Crippen molar-refractivity contribution in [3.05, 3.63) is 48.0 Å². The summed E-state index contributed by atoms with van der Waals surface area (Å²) < 4.78 is 41.9. The number of hydrogen-bond acceptors (Lipinski definition) is 7. The van der Waals surface area contributed by atoms with Crippen molar-refractivity contribution < 1.29 is 32.2 Å². The van der Waals surface area contributed by atoms with Gasteiger partial charge in [-0.15, -0.1) is 0 Å². The van der Waals surface area contributed by atoms with Gasteiger partial charge < -0.3 is 24.4 Å². The van der Waals surface area contributed by atoms with Gasteiger partial charge in [0.15, 0.2) is 11.5 Å². The van der Waals surface area contributed by atoms with E-state index in [1.165, 1.54) is 4.90 Å². The first-order valence-electron chi connectivity index (χ1n) is 11.3. The van der Waals surface area contributed by atoms with Gasteiger partial charge in [0.05, 0.1) is 33.1 Å². The minimum atomic E-state index is -3.38. The van der Waals surface area contributed by atoms with E-state index in [9.17, 15) is 18.0 Å². The molecule has 4 rings (SSSR count). The van der Waals surface area contributed by atoms with Crippen LogP contribution >= 0.6 is 0 Å². The number of carbonyl (C=O) groups is 2. The first-order chi connectivity index (χ1) is 16.7. The molecule has 10 nitrogen and oxygen atoms in total. The topological polar surface area (TPSA) is 123 Å². The third-order valence-corrected chi connectivity index (χ3v) is 6.47. The van der Waals surface area contributed by atoms with E-state index < -0.39 is 10.0 Å². The highest BCUT2D eigenvalue weighted by molar-refractivity contribution is 7.92. The molecule has 188 valence electrons. The molecule has 2 N–H and O–H groups in total. The van der Waals surface area contributed by atoms with E-state index in [0.717, 1.165) is 18.2 Å². The molecule has 2 fully saturated rings.